The maximum Gasteiger partial charge on any atom is 0.0589 e. The van der Waals surface area contributed by atoms with Gasteiger partial charge in [0.2, 0.25) is 0 Å². The normalized spacial score (nSPS) is 11.5. The molecule has 3 heteroatoms. The van der Waals surface area contributed by atoms with E-state index in [9.17, 15) is 0 Å². The number of hydrogen-bond donors (Lipinski definition) is 0. The number of ether oxygens (including phenoxy) is 2. The molecule has 0 heterocycles. The van der Waals surface area contributed by atoms with E-state index in [2.05, 4.69) is 18.7 Å². The van der Waals surface area contributed by atoms with Crippen molar-refractivity contribution in [3.8, 4) is 0 Å². The SMILES string of the molecule is COCCN(CCOC)CC(C)C. The standard InChI is InChI=1S/C10H23NO2/c1-10(2)9-11(5-7-12-3)6-8-13-4/h10H,5-9H2,1-4H3. The van der Waals surface area contributed by atoms with Crippen LogP contribution in [0.3, 0.4) is 0 Å². The Labute approximate surface area is 82.0 Å². The Morgan fingerprint density at radius 2 is 1.46 bits per heavy atom. The van der Waals surface area contributed by atoms with Crippen LogP contribution >= 0.6 is 0 Å². The fourth-order valence-electron chi connectivity index (χ4n) is 1.25. The zero-order valence-electron chi connectivity index (χ0n) is 9.38. The third-order valence-corrected chi connectivity index (χ3v) is 1.85. The van der Waals surface area contributed by atoms with Crippen molar-refractivity contribution < 1.29 is 9.47 Å². The molecule has 0 saturated heterocycles. The lowest BCUT2D eigenvalue weighted by Crippen LogP contribution is -2.33. The van der Waals surface area contributed by atoms with E-state index in [0.717, 1.165) is 32.8 Å². The molecule has 0 amide bonds. The van der Waals surface area contributed by atoms with E-state index >= 15 is 0 Å². The first kappa shape index (κ1) is 12.9. The van der Waals surface area contributed by atoms with Gasteiger partial charge in [-0.05, 0) is 5.92 Å². The van der Waals surface area contributed by atoms with Gasteiger partial charge in [-0.25, -0.2) is 0 Å². The Hall–Kier alpha value is -0.120. The first-order chi connectivity index (χ1) is 6.20. The van der Waals surface area contributed by atoms with E-state index < -0.39 is 0 Å². The van der Waals surface area contributed by atoms with Crippen molar-refractivity contribution in [2.24, 2.45) is 5.92 Å². The third kappa shape index (κ3) is 8.22. The summed E-state index contributed by atoms with van der Waals surface area (Å²) in [5.74, 6) is 0.703. The van der Waals surface area contributed by atoms with Crippen molar-refractivity contribution in [3.63, 3.8) is 0 Å². The Kier molecular flexibility index (Phi) is 8.40. The molecule has 3 nitrogen and oxygen atoms in total. The average Bonchev–Trinajstić information content (AvgIpc) is 2.09. The Bertz CT molecular complexity index is 99.1. The number of rotatable bonds is 8. The monoisotopic (exact) mass is 189 g/mol. The molecule has 0 saturated carbocycles. The van der Waals surface area contributed by atoms with E-state index in [1.54, 1.807) is 14.2 Å². The molecule has 0 aliphatic carbocycles. The predicted octanol–water partition coefficient (Wildman–Crippen LogP) is 1.24. The fourth-order valence-corrected chi connectivity index (χ4v) is 1.25. The van der Waals surface area contributed by atoms with E-state index in [4.69, 9.17) is 9.47 Å². The lowest BCUT2D eigenvalue weighted by atomic mass is 10.2. The molecule has 0 aromatic carbocycles. The van der Waals surface area contributed by atoms with Gasteiger partial charge in [-0.3, -0.25) is 4.90 Å². The van der Waals surface area contributed by atoms with Gasteiger partial charge in [-0.1, -0.05) is 13.8 Å². The van der Waals surface area contributed by atoms with Gasteiger partial charge in [-0.2, -0.15) is 0 Å². The van der Waals surface area contributed by atoms with Crippen LogP contribution in [0.2, 0.25) is 0 Å². The second kappa shape index (κ2) is 8.48. The van der Waals surface area contributed by atoms with Gasteiger partial charge in [0.05, 0.1) is 13.2 Å². The average molecular weight is 189 g/mol. The highest BCUT2D eigenvalue weighted by atomic mass is 16.5. The van der Waals surface area contributed by atoms with Gasteiger partial charge < -0.3 is 9.47 Å². The lowest BCUT2D eigenvalue weighted by molar-refractivity contribution is 0.107. The van der Waals surface area contributed by atoms with Crippen LogP contribution in [0, 0.1) is 5.92 Å². The molecule has 0 fully saturated rings. The zero-order valence-corrected chi connectivity index (χ0v) is 9.38. The fraction of sp³-hybridized carbons (Fsp3) is 1.00. The molecule has 0 radical (unpaired) electrons. The minimum Gasteiger partial charge on any atom is -0.383 e. The molecule has 13 heavy (non-hydrogen) atoms. The van der Waals surface area contributed by atoms with E-state index in [-0.39, 0.29) is 0 Å². The maximum absolute atomic E-state index is 5.05. The van der Waals surface area contributed by atoms with Crippen molar-refractivity contribution in [2.75, 3.05) is 47.1 Å². The number of nitrogens with zero attached hydrogens (tertiary/aromatic N) is 1. The second-order valence-corrected chi connectivity index (χ2v) is 3.68. The summed E-state index contributed by atoms with van der Waals surface area (Å²) in [7, 11) is 3.48. The minimum absolute atomic E-state index is 0.703. The van der Waals surface area contributed by atoms with Crippen LogP contribution in [-0.2, 0) is 9.47 Å². The summed E-state index contributed by atoms with van der Waals surface area (Å²) in [4.78, 5) is 2.37. The summed E-state index contributed by atoms with van der Waals surface area (Å²) in [5, 5.41) is 0. The summed E-state index contributed by atoms with van der Waals surface area (Å²) in [6.07, 6.45) is 0. The summed E-state index contributed by atoms with van der Waals surface area (Å²) in [5.41, 5.74) is 0. The minimum atomic E-state index is 0.703. The quantitative estimate of drug-likeness (QED) is 0.573. The highest BCUT2D eigenvalue weighted by molar-refractivity contribution is 4.59. The molecule has 80 valence electrons. The topological polar surface area (TPSA) is 21.7 Å². The molecule has 0 rings (SSSR count). The molecule has 0 aliphatic rings. The van der Waals surface area contributed by atoms with Crippen LogP contribution < -0.4 is 0 Å². The lowest BCUT2D eigenvalue weighted by Gasteiger charge is -2.23. The summed E-state index contributed by atoms with van der Waals surface area (Å²) < 4.78 is 10.1. The van der Waals surface area contributed by atoms with Gasteiger partial charge >= 0.3 is 0 Å². The summed E-state index contributed by atoms with van der Waals surface area (Å²) >= 11 is 0. The Balaban J connectivity index is 3.60. The number of hydrogen-bond acceptors (Lipinski definition) is 3. The first-order valence-corrected chi connectivity index (χ1v) is 4.91. The maximum atomic E-state index is 5.05. The second-order valence-electron chi connectivity index (χ2n) is 3.68. The Morgan fingerprint density at radius 3 is 1.77 bits per heavy atom. The van der Waals surface area contributed by atoms with Gasteiger partial charge in [-0.15, -0.1) is 0 Å². The van der Waals surface area contributed by atoms with E-state index in [1.165, 1.54) is 0 Å². The molecule has 0 bridgehead atoms. The van der Waals surface area contributed by atoms with Crippen LogP contribution in [0.1, 0.15) is 13.8 Å². The molecule has 0 aliphatic heterocycles. The number of methoxy groups -OCH3 is 2. The van der Waals surface area contributed by atoms with Gasteiger partial charge in [0.25, 0.3) is 0 Å². The van der Waals surface area contributed by atoms with Crippen molar-refractivity contribution in [1.29, 1.82) is 0 Å². The van der Waals surface area contributed by atoms with Crippen molar-refractivity contribution in [1.82, 2.24) is 4.90 Å². The van der Waals surface area contributed by atoms with Crippen LogP contribution in [-0.4, -0.2) is 52.0 Å². The van der Waals surface area contributed by atoms with Crippen LogP contribution in [0.25, 0.3) is 0 Å². The molecule has 0 unspecified atom stereocenters. The third-order valence-electron chi connectivity index (χ3n) is 1.85. The summed E-state index contributed by atoms with van der Waals surface area (Å²) in [6, 6.07) is 0. The summed E-state index contributed by atoms with van der Waals surface area (Å²) in [6.45, 7) is 9.18. The van der Waals surface area contributed by atoms with Crippen LogP contribution in [0.15, 0.2) is 0 Å². The van der Waals surface area contributed by atoms with Gasteiger partial charge in [0, 0.05) is 33.9 Å². The first-order valence-electron chi connectivity index (χ1n) is 4.91. The van der Waals surface area contributed by atoms with Crippen LogP contribution in [0.5, 0.6) is 0 Å². The molecular weight excluding hydrogens is 166 g/mol. The van der Waals surface area contributed by atoms with Gasteiger partial charge in [0.1, 0.15) is 0 Å². The molecule has 0 N–H and O–H groups in total. The van der Waals surface area contributed by atoms with Crippen molar-refractivity contribution >= 4 is 0 Å². The van der Waals surface area contributed by atoms with Crippen molar-refractivity contribution in [3.05, 3.63) is 0 Å². The highest BCUT2D eigenvalue weighted by Gasteiger charge is 2.05. The largest absolute Gasteiger partial charge is 0.383 e. The zero-order chi connectivity index (χ0) is 10.1. The van der Waals surface area contributed by atoms with E-state index in [0.29, 0.717) is 5.92 Å². The smallest absolute Gasteiger partial charge is 0.0589 e. The molecule has 0 aromatic heterocycles. The molecule has 0 aromatic rings. The molecular formula is C10H23NO2. The van der Waals surface area contributed by atoms with Crippen molar-refractivity contribution in [2.45, 2.75) is 13.8 Å². The molecule has 0 atom stereocenters. The van der Waals surface area contributed by atoms with Gasteiger partial charge in [0.15, 0.2) is 0 Å². The Morgan fingerprint density at radius 1 is 1.00 bits per heavy atom. The highest BCUT2D eigenvalue weighted by Crippen LogP contribution is 1.98. The van der Waals surface area contributed by atoms with E-state index in [1.807, 2.05) is 0 Å². The predicted molar refractivity (Wildman–Crippen MR) is 55.0 cm³/mol. The molecule has 0 spiro atoms. The van der Waals surface area contributed by atoms with Crippen LogP contribution in [0.4, 0.5) is 0 Å².